The van der Waals surface area contributed by atoms with Crippen molar-refractivity contribution in [3.05, 3.63) is 24.3 Å². The highest BCUT2D eigenvalue weighted by Gasteiger charge is 2.29. The number of thiol groups is 1. The first-order valence-corrected chi connectivity index (χ1v) is 12.1. The zero-order valence-electron chi connectivity index (χ0n) is 16.6. The Morgan fingerprint density at radius 2 is 1.85 bits per heavy atom. The molecule has 0 aliphatic carbocycles. The highest BCUT2D eigenvalue weighted by molar-refractivity contribution is 7.89. The van der Waals surface area contributed by atoms with Gasteiger partial charge in [0.25, 0.3) is 0 Å². The summed E-state index contributed by atoms with van der Waals surface area (Å²) in [5.41, 5.74) is 0. The molecule has 1 fully saturated rings. The first-order valence-electron chi connectivity index (χ1n) is 10.1. The molecule has 154 valence electrons. The summed E-state index contributed by atoms with van der Waals surface area (Å²) in [5.74, 6) is 1.21. The van der Waals surface area contributed by atoms with Crippen molar-refractivity contribution >= 4 is 22.7 Å². The molecule has 1 aromatic rings. The number of unbranched alkanes of at least 4 members (excludes halogenated alkanes) is 1. The van der Waals surface area contributed by atoms with Gasteiger partial charge in [-0.3, -0.25) is 0 Å². The summed E-state index contributed by atoms with van der Waals surface area (Å²) in [4.78, 5) is 2.68. The van der Waals surface area contributed by atoms with Gasteiger partial charge in [0.1, 0.15) is 5.75 Å². The normalized spacial score (nSPS) is 17.2. The summed E-state index contributed by atoms with van der Waals surface area (Å²) in [6.45, 7) is 8.08. The van der Waals surface area contributed by atoms with Gasteiger partial charge in [-0.2, -0.15) is 16.9 Å². The lowest BCUT2D eigenvalue weighted by atomic mass is 10.1. The van der Waals surface area contributed by atoms with Crippen molar-refractivity contribution in [2.24, 2.45) is 0 Å². The lowest BCUT2D eigenvalue weighted by molar-refractivity contribution is 0.205. The molecular formula is C20H34N2O3S2. The Morgan fingerprint density at radius 1 is 1.19 bits per heavy atom. The molecule has 2 rings (SSSR count). The molecule has 0 amide bonds. The molecule has 5 nitrogen and oxygen atoms in total. The van der Waals surface area contributed by atoms with Crippen molar-refractivity contribution in [3.8, 4) is 5.75 Å². The molecule has 1 atom stereocenters. The molecular weight excluding hydrogens is 380 g/mol. The predicted molar refractivity (Wildman–Crippen MR) is 114 cm³/mol. The van der Waals surface area contributed by atoms with Crippen molar-refractivity contribution in [2.45, 2.75) is 56.9 Å². The van der Waals surface area contributed by atoms with Crippen LogP contribution in [0.3, 0.4) is 0 Å². The predicted octanol–water partition coefficient (Wildman–Crippen LogP) is 3.66. The van der Waals surface area contributed by atoms with Crippen LogP contribution in [-0.2, 0) is 10.0 Å². The van der Waals surface area contributed by atoms with Gasteiger partial charge in [-0.1, -0.05) is 19.8 Å². The van der Waals surface area contributed by atoms with Crippen LogP contribution < -0.4 is 4.74 Å². The van der Waals surface area contributed by atoms with Crippen molar-refractivity contribution in [1.29, 1.82) is 0 Å². The fourth-order valence-electron chi connectivity index (χ4n) is 3.27. The lowest BCUT2D eigenvalue weighted by Gasteiger charge is -2.32. The monoisotopic (exact) mass is 414 g/mol. The second-order valence-electron chi connectivity index (χ2n) is 7.22. The Kier molecular flexibility index (Phi) is 9.42. The van der Waals surface area contributed by atoms with E-state index < -0.39 is 10.0 Å². The SMILES string of the molecule is CCCCOc1ccc(S(=O)(=O)N(CCN2CCCCC2)C(C)CS)cc1. The van der Waals surface area contributed by atoms with Crippen LogP contribution in [0.5, 0.6) is 5.75 Å². The van der Waals surface area contributed by atoms with E-state index in [0.717, 1.165) is 32.5 Å². The van der Waals surface area contributed by atoms with Crippen LogP contribution in [0.15, 0.2) is 29.2 Å². The summed E-state index contributed by atoms with van der Waals surface area (Å²) in [5, 5.41) is 0. The van der Waals surface area contributed by atoms with Crippen LogP contribution in [0.2, 0.25) is 0 Å². The second-order valence-corrected chi connectivity index (χ2v) is 9.48. The number of rotatable bonds is 11. The molecule has 0 spiro atoms. The number of sulfonamides is 1. The third kappa shape index (κ3) is 6.66. The van der Waals surface area contributed by atoms with Crippen LogP contribution in [0.25, 0.3) is 0 Å². The van der Waals surface area contributed by atoms with Crippen LogP contribution in [0.4, 0.5) is 0 Å². The molecule has 0 radical (unpaired) electrons. The lowest BCUT2D eigenvalue weighted by Crippen LogP contribution is -2.45. The summed E-state index contributed by atoms with van der Waals surface area (Å²) in [7, 11) is -3.55. The van der Waals surface area contributed by atoms with Gasteiger partial charge in [0.05, 0.1) is 11.5 Å². The quantitative estimate of drug-likeness (QED) is 0.443. The van der Waals surface area contributed by atoms with E-state index in [4.69, 9.17) is 4.74 Å². The van der Waals surface area contributed by atoms with Gasteiger partial charge in [0.2, 0.25) is 10.0 Å². The van der Waals surface area contributed by atoms with E-state index in [9.17, 15) is 8.42 Å². The van der Waals surface area contributed by atoms with E-state index in [1.807, 2.05) is 6.92 Å². The molecule has 0 saturated carbocycles. The molecule has 1 aliphatic heterocycles. The van der Waals surface area contributed by atoms with E-state index in [0.29, 0.717) is 29.5 Å². The van der Waals surface area contributed by atoms with Gasteiger partial charge in [0, 0.05) is 24.9 Å². The van der Waals surface area contributed by atoms with Crippen LogP contribution in [-0.4, -0.2) is 62.2 Å². The van der Waals surface area contributed by atoms with Crippen LogP contribution in [0.1, 0.15) is 46.0 Å². The molecule has 1 saturated heterocycles. The van der Waals surface area contributed by atoms with E-state index >= 15 is 0 Å². The standard InChI is InChI=1S/C20H34N2O3S2/c1-3-4-16-25-19-8-10-20(11-9-19)27(23,24)22(18(2)17-26)15-14-21-12-6-5-7-13-21/h8-11,18,26H,3-7,12-17H2,1-2H3. The molecule has 1 heterocycles. The van der Waals surface area contributed by atoms with E-state index in [2.05, 4.69) is 24.5 Å². The topological polar surface area (TPSA) is 49.9 Å². The molecule has 0 N–H and O–H groups in total. The number of hydrogen-bond donors (Lipinski definition) is 1. The first-order chi connectivity index (χ1) is 13.0. The molecule has 7 heteroatoms. The molecule has 27 heavy (non-hydrogen) atoms. The number of nitrogens with zero attached hydrogens (tertiary/aromatic N) is 2. The Hall–Kier alpha value is -0.760. The molecule has 1 aliphatic rings. The zero-order chi connectivity index (χ0) is 19.7. The number of likely N-dealkylation sites (tertiary alicyclic amines) is 1. The van der Waals surface area contributed by atoms with E-state index in [1.165, 1.54) is 19.3 Å². The first kappa shape index (κ1) is 22.5. The van der Waals surface area contributed by atoms with Crippen molar-refractivity contribution in [2.75, 3.05) is 38.5 Å². The number of ether oxygens (including phenoxy) is 1. The maximum absolute atomic E-state index is 13.2. The highest BCUT2D eigenvalue weighted by atomic mass is 32.2. The minimum atomic E-state index is -3.55. The fraction of sp³-hybridized carbons (Fsp3) is 0.700. The third-order valence-corrected chi connectivity index (χ3v) is 7.59. The highest BCUT2D eigenvalue weighted by Crippen LogP contribution is 2.22. The van der Waals surface area contributed by atoms with E-state index in [1.54, 1.807) is 28.6 Å². The molecule has 1 unspecified atom stereocenters. The molecule has 1 aromatic carbocycles. The van der Waals surface area contributed by atoms with Crippen molar-refractivity contribution in [1.82, 2.24) is 9.21 Å². The minimum absolute atomic E-state index is 0.149. The second kappa shape index (κ2) is 11.3. The maximum atomic E-state index is 13.2. The minimum Gasteiger partial charge on any atom is -0.494 e. The number of hydrogen-bond acceptors (Lipinski definition) is 5. The van der Waals surface area contributed by atoms with Crippen LogP contribution >= 0.6 is 12.6 Å². The molecule has 0 bridgehead atoms. The summed E-state index contributed by atoms with van der Waals surface area (Å²) >= 11 is 4.34. The summed E-state index contributed by atoms with van der Waals surface area (Å²) < 4.78 is 33.7. The average Bonchev–Trinajstić information content (AvgIpc) is 2.69. The smallest absolute Gasteiger partial charge is 0.243 e. The Balaban J connectivity index is 2.07. The number of piperidine rings is 1. The Bertz CT molecular complexity index is 644. The average molecular weight is 415 g/mol. The zero-order valence-corrected chi connectivity index (χ0v) is 18.4. The van der Waals surface area contributed by atoms with Crippen molar-refractivity contribution in [3.63, 3.8) is 0 Å². The fourth-order valence-corrected chi connectivity index (χ4v) is 5.20. The Labute approximate surface area is 170 Å². The van der Waals surface area contributed by atoms with Gasteiger partial charge < -0.3 is 9.64 Å². The summed E-state index contributed by atoms with van der Waals surface area (Å²) in [6, 6.07) is 6.64. The van der Waals surface area contributed by atoms with Gasteiger partial charge in [-0.15, -0.1) is 0 Å². The third-order valence-electron chi connectivity index (χ3n) is 5.04. The van der Waals surface area contributed by atoms with Crippen LogP contribution in [0, 0.1) is 0 Å². The van der Waals surface area contributed by atoms with Gasteiger partial charge in [-0.05, 0) is 63.5 Å². The summed E-state index contributed by atoms with van der Waals surface area (Å²) in [6.07, 6.45) is 5.74. The number of benzene rings is 1. The maximum Gasteiger partial charge on any atom is 0.243 e. The molecule has 0 aromatic heterocycles. The van der Waals surface area contributed by atoms with Gasteiger partial charge >= 0.3 is 0 Å². The van der Waals surface area contributed by atoms with Crippen molar-refractivity contribution < 1.29 is 13.2 Å². The van der Waals surface area contributed by atoms with Gasteiger partial charge in [0.15, 0.2) is 0 Å². The van der Waals surface area contributed by atoms with Gasteiger partial charge in [-0.25, -0.2) is 8.42 Å². The largest absolute Gasteiger partial charge is 0.494 e. The Morgan fingerprint density at radius 3 is 2.44 bits per heavy atom. The van der Waals surface area contributed by atoms with E-state index in [-0.39, 0.29) is 6.04 Å².